The molecule has 0 atom stereocenters. The highest BCUT2D eigenvalue weighted by molar-refractivity contribution is 5.96. The number of carbonyl (C=O) groups excluding carboxylic acids is 1. The van der Waals surface area contributed by atoms with E-state index in [2.05, 4.69) is 11.6 Å². The van der Waals surface area contributed by atoms with Crippen molar-refractivity contribution >= 4 is 16.9 Å². The van der Waals surface area contributed by atoms with Crippen molar-refractivity contribution in [1.29, 1.82) is 0 Å². The molecule has 156 valence electrons. The first-order valence-electron chi connectivity index (χ1n) is 9.59. The van der Waals surface area contributed by atoms with Gasteiger partial charge in [-0.05, 0) is 36.4 Å². The summed E-state index contributed by atoms with van der Waals surface area (Å²) < 4.78 is 9.05. The second-order valence-corrected chi connectivity index (χ2v) is 6.85. The Morgan fingerprint density at radius 2 is 1.81 bits per heavy atom. The number of hydrogen-bond acceptors (Lipinski definition) is 5. The van der Waals surface area contributed by atoms with E-state index in [1.165, 1.54) is 21.5 Å². The average Bonchev–Trinajstić information content (AvgIpc) is 3.20. The third-order valence-electron chi connectivity index (χ3n) is 4.95. The lowest BCUT2D eigenvalue weighted by Gasteiger charge is -2.11. The maximum atomic E-state index is 13.1. The minimum absolute atomic E-state index is 0.0397. The summed E-state index contributed by atoms with van der Waals surface area (Å²) in [7, 11) is 1.55. The lowest BCUT2D eigenvalue weighted by molar-refractivity contribution is 0.0973. The maximum absolute atomic E-state index is 13.1. The second kappa shape index (κ2) is 8.27. The molecule has 0 bridgehead atoms. The zero-order valence-corrected chi connectivity index (χ0v) is 16.9. The molecule has 0 fully saturated rings. The molecule has 2 heterocycles. The summed E-state index contributed by atoms with van der Waals surface area (Å²) >= 11 is 0. The summed E-state index contributed by atoms with van der Waals surface area (Å²) in [6.07, 6.45) is 2.89. The number of imidazole rings is 1. The number of allylic oxidation sites excluding steroid dienone is 1. The van der Waals surface area contributed by atoms with Crippen LogP contribution in [-0.4, -0.2) is 31.6 Å². The third kappa shape index (κ3) is 3.59. The van der Waals surface area contributed by atoms with Gasteiger partial charge < -0.3 is 9.30 Å². The molecule has 0 saturated heterocycles. The second-order valence-electron chi connectivity index (χ2n) is 6.85. The van der Waals surface area contributed by atoms with Crippen molar-refractivity contribution in [2.45, 2.75) is 13.1 Å². The number of rotatable bonds is 7. The number of hydrogen-bond donors (Lipinski definition) is 0. The Hall–Kier alpha value is -4.20. The Balaban J connectivity index is 1.87. The third-order valence-corrected chi connectivity index (χ3v) is 4.95. The van der Waals surface area contributed by atoms with Crippen molar-refractivity contribution in [1.82, 2.24) is 18.7 Å². The van der Waals surface area contributed by atoms with Gasteiger partial charge in [0.1, 0.15) is 5.75 Å². The van der Waals surface area contributed by atoms with E-state index in [4.69, 9.17) is 4.74 Å². The van der Waals surface area contributed by atoms with Crippen LogP contribution in [0.4, 0.5) is 0 Å². The molecule has 0 N–H and O–H groups in total. The number of ether oxygens (including phenoxy) is 1. The van der Waals surface area contributed by atoms with Crippen molar-refractivity contribution in [2.75, 3.05) is 7.11 Å². The molecule has 0 aliphatic heterocycles. The zero-order valence-electron chi connectivity index (χ0n) is 16.9. The van der Waals surface area contributed by atoms with Gasteiger partial charge in [-0.3, -0.25) is 14.2 Å². The average molecular weight is 416 g/mol. The van der Waals surface area contributed by atoms with Crippen LogP contribution in [0.3, 0.4) is 0 Å². The van der Waals surface area contributed by atoms with Gasteiger partial charge in [0.05, 0.1) is 25.7 Å². The molecular formula is C23H20N4O4. The molecule has 0 aliphatic carbocycles. The van der Waals surface area contributed by atoms with Gasteiger partial charge in [-0.15, -0.1) is 6.58 Å². The highest BCUT2D eigenvalue weighted by Crippen LogP contribution is 2.15. The summed E-state index contributed by atoms with van der Waals surface area (Å²) in [5.74, 6) is 0.443. The number of nitrogens with zero attached hydrogens (tertiary/aromatic N) is 4. The summed E-state index contributed by atoms with van der Waals surface area (Å²) in [5.41, 5.74) is 0.381. The van der Waals surface area contributed by atoms with Crippen molar-refractivity contribution in [3.05, 3.63) is 100.0 Å². The number of methoxy groups -OCH3 is 1. The predicted octanol–water partition coefficient (Wildman–Crippen LogP) is 2.43. The van der Waals surface area contributed by atoms with Crippen LogP contribution in [0.15, 0.2) is 83.2 Å². The topological polar surface area (TPSA) is 88.1 Å². The normalized spacial score (nSPS) is 10.9. The van der Waals surface area contributed by atoms with Crippen molar-refractivity contribution in [3.8, 4) is 11.4 Å². The Bertz CT molecular complexity index is 1380. The largest absolute Gasteiger partial charge is 0.497 e. The lowest BCUT2D eigenvalue weighted by Crippen LogP contribution is -2.40. The first-order chi connectivity index (χ1) is 15.0. The fourth-order valence-electron chi connectivity index (χ4n) is 3.42. The predicted molar refractivity (Wildman–Crippen MR) is 117 cm³/mol. The fraction of sp³-hybridized carbons (Fsp3) is 0.130. The van der Waals surface area contributed by atoms with E-state index in [9.17, 15) is 14.4 Å². The molecule has 0 amide bonds. The molecular weight excluding hydrogens is 396 g/mol. The molecule has 31 heavy (non-hydrogen) atoms. The molecule has 0 saturated carbocycles. The monoisotopic (exact) mass is 416 g/mol. The van der Waals surface area contributed by atoms with Gasteiger partial charge in [-0.25, -0.2) is 14.3 Å². The van der Waals surface area contributed by atoms with Crippen LogP contribution >= 0.6 is 0 Å². The number of benzene rings is 2. The van der Waals surface area contributed by atoms with E-state index in [0.717, 1.165) is 4.57 Å². The number of aromatic nitrogens is 4. The maximum Gasteiger partial charge on any atom is 0.337 e. The van der Waals surface area contributed by atoms with E-state index in [-0.39, 0.29) is 30.0 Å². The Labute approximate surface area is 177 Å². The van der Waals surface area contributed by atoms with Crippen LogP contribution in [0.5, 0.6) is 5.75 Å². The first-order valence-corrected chi connectivity index (χ1v) is 9.59. The summed E-state index contributed by atoms with van der Waals surface area (Å²) in [4.78, 5) is 43.3. The van der Waals surface area contributed by atoms with Crippen LogP contribution in [0.2, 0.25) is 0 Å². The van der Waals surface area contributed by atoms with Gasteiger partial charge >= 0.3 is 5.69 Å². The van der Waals surface area contributed by atoms with Gasteiger partial charge in [0.15, 0.2) is 16.9 Å². The minimum atomic E-state index is -0.521. The number of ketones is 1. The molecule has 4 rings (SSSR count). The summed E-state index contributed by atoms with van der Waals surface area (Å²) in [6.45, 7) is 3.58. The molecule has 2 aromatic carbocycles. The van der Waals surface area contributed by atoms with Crippen molar-refractivity contribution in [2.24, 2.45) is 0 Å². The molecule has 4 aromatic rings. The number of para-hydroxylation sites is 1. The summed E-state index contributed by atoms with van der Waals surface area (Å²) in [5, 5.41) is 0. The van der Waals surface area contributed by atoms with Crippen LogP contribution in [-0.2, 0) is 13.1 Å². The number of Topliss-reactive ketones (excluding diaryl/α,β-unsaturated/α-hetero) is 1. The highest BCUT2D eigenvalue weighted by atomic mass is 16.5. The fourth-order valence-corrected chi connectivity index (χ4v) is 3.42. The quantitative estimate of drug-likeness (QED) is 0.341. The van der Waals surface area contributed by atoms with Crippen molar-refractivity contribution in [3.63, 3.8) is 0 Å². The molecule has 0 spiro atoms. The molecule has 8 heteroatoms. The first kappa shape index (κ1) is 20.1. The standard InChI is InChI=1S/C23H20N4O4/c1-3-13-26-22(29)20-21(27(23(26)30)17-7-5-4-6-8-17)24-15-25(20)14-19(28)16-9-11-18(31-2)12-10-16/h3-12,15H,1,13-14H2,2H3. The Kier molecular flexibility index (Phi) is 5.36. The van der Waals surface area contributed by atoms with Gasteiger partial charge in [-0.2, -0.15) is 0 Å². The minimum Gasteiger partial charge on any atom is -0.497 e. The van der Waals surface area contributed by atoms with E-state index < -0.39 is 11.2 Å². The van der Waals surface area contributed by atoms with Crippen LogP contribution in [0.25, 0.3) is 16.9 Å². The van der Waals surface area contributed by atoms with E-state index >= 15 is 0 Å². The van der Waals surface area contributed by atoms with Crippen LogP contribution < -0.4 is 16.0 Å². The zero-order chi connectivity index (χ0) is 22.0. The number of carbonyl (C=O) groups is 1. The molecule has 2 aromatic heterocycles. The van der Waals surface area contributed by atoms with E-state index in [1.807, 2.05) is 6.07 Å². The molecule has 0 aliphatic rings. The SMILES string of the molecule is C=CCn1c(=O)c2c(ncn2CC(=O)c2ccc(OC)cc2)n(-c2ccccc2)c1=O. The van der Waals surface area contributed by atoms with Gasteiger partial charge in [-0.1, -0.05) is 24.3 Å². The van der Waals surface area contributed by atoms with Crippen LogP contribution in [0.1, 0.15) is 10.4 Å². The Morgan fingerprint density at radius 1 is 1.10 bits per heavy atom. The Morgan fingerprint density at radius 3 is 2.45 bits per heavy atom. The lowest BCUT2D eigenvalue weighted by atomic mass is 10.1. The van der Waals surface area contributed by atoms with Crippen LogP contribution in [0, 0.1) is 0 Å². The smallest absolute Gasteiger partial charge is 0.337 e. The highest BCUT2D eigenvalue weighted by Gasteiger charge is 2.20. The van der Waals surface area contributed by atoms with Gasteiger partial charge in [0.25, 0.3) is 5.56 Å². The molecule has 0 unspecified atom stereocenters. The molecule has 0 radical (unpaired) electrons. The van der Waals surface area contributed by atoms with E-state index in [0.29, 0.717) is 17.0 Å². The number of fused-ring (bicyclic) bond motifs is 1. The summed E-state index contributed by atoms with van der Waals surface area (Å²) in [6, 6.07) is 15.6. The van der Waals surface area contributed by atoms with E-state index in [1.54, 1.807) is 55.6 Å². The van der Waals surface area contributed by atoms with Gasteiger partial charge in [0.2, 0.25) is 0 Å². The molecule has 8 nitrogen and oxygen atoms in total. The van der Waals surface area contributed by atoms with Gasteiger partial charge in [0, 0.05) is 12.1 Å². The van der Waals surface area contributed by atoms with Crippen molar-refractivity contribution < 1.29 is 9.53 Å².